The zero-order chi connectivity index (χ0) is 6.15. The Balaban J connectivity index is 2.64. The van der Waals surface area contributed by atoms with Gasteiger partial charge in [-0.1, -0.05) is 12.0 Å². The second kappa shape index (κ2) is 1.60. The van der Waals surface area contributed by atoms with Crippen molar-refractivity contribution in [1.82, 2.24) is 0 Å². The molecule has 0 aromatic rings. The second-order valence-corrected chi connectivity index (χ2v) is 1.87. The smallest absolute Gasteiger partial charge is 0.0934 e. The van der Waals surface area contributed by atoms with E-state index in [2.05, 4.69) is 13.2 Å². The maximum Gasteiger partial charge on any atom is 0.0934 e. The quantitative estimate of drug-likeness (QED) is 0.457. The molecule has 0 aromatic heterocycles. The Morgan fingerprint density at radius 3 is 2.38 bits per heavy atom. The van der Waals surface area contributed by atoms with Crippen LogP contribution in [0.1, 0.15) is 0 Å². The molecule has 0 bridgehead atoms. The zero-order valence-electron chi connectivity index (χ0n) is 4.59. The van der Waals surface area contributed by atoms with Gasteiger partial charge in [-0.05, 0) is 13.0 Å². The average Bonchev–Trinajstić information content (AvgIpc) is 1.85. The summed E-state index contributed by atoms with van der Waals surface area (Å²) in [6.07, 6.45) is 2.89. The Kier molecular flexibility index (Phi) is 1.06. The third kappa shape index (κ3) is 0.724. The van der Waals surface area contributed by atoms with Crippen molar-refractivity contribution in [3.05, 3.63) is 37.1 Å². The first-order chi connectivity index (χ1) is 3.70. The van der Waals surface area contributed by atoms with Crippen LogP contribution in [-0.4, -0.2) is 11.2 Å². The van der Waals surface area contributed by atoms with Crippen LogP contribution in [0.4, 0.5) is 0 Å². The van der Waals surface area contributed by atoms with Crippen LogP contribution in [0, 0.1) is 12.8 Å². The standard InChI is InChI=1S/C7H8O/c1-5-3-7(8)4-6(5)2/h3-4,7-8H,1-2H2. The van der Waals surface area contributed by atoms with E-state index in [-0.39, 0.29) is 0 Å². The summed E-state index contributed by atoms with van der Waals surface area (Å²) < 4.78 is 0. The van der Waals surface area contributed by atoms with E-state index < -0.39 is 6.10 Å². The fraction of sp³-hybridized carbons (Fsp3) is 0.143. The normalized spacial score (nSPS) is 27.4. The van der Waals surface area contributed by atoms with Crippen molar-refractivity contribution in [3.63, 3.8) is 0 Å². The Bertz CT molecular complexity index is 119. The summed E-state index contributed by atoms with van der Waals surface area (Å²) in [5.74, 6) is 0. The summed E-state index contributed by atoms with van der Waals surface area (Å²) in [5, 5.41) is 8.84. The maximum atomic E-state index is 8.84. The van der Waals surface area contributed by atoms with Crippen LogP contribution in [0.2, 0.25) is 0 Å². The van der Waals surface area contributed by atoms with Gasteiger partial charge < -0.3 is 5.11 Å². The van der Waals surface area contributed by atoms with Gasteiger partial charge in [0.2, 0.25) is 0 Å². The summed E-state index contributed by atoms with van der Waals surface area (Å²) in [4.78, 5) is 0. The van der Waals surface area contributed by atoms with Crippen molar-refractivity contribution < 1.29 is 5.11 Å². The lowest BCUT2D eigenvalue weighted by atomic mass is 10.2. The van der Waals surface area contributed by atoms with E-state index in [4.69, 9.17) is 5.11 Å². The molecule has 0 spiro atoms. The molecule has 1 heteroatoms. The number of hydrogen-bond acceptors (Lipinski definition) is 1. The third-order valence-corrected chi connectivity index (χ3v) is 1.16. The van der Waals surface area contributed by atoms with Crippen molar-refractivity contribution in [2.24, 2.45) is 0 Å². The molecule has 0 amide bonds. The van der Waals surface area contributed by atoms with E-state index in [1.165, 1.54) is 0 Å². The minimum Gasteiger partial charge on any atom is -0.384 e. The fourth-order valence-corrected chi connectivity index (χ4v) is 0.674. The molecule has 1 N–H and O–H groups in total. The van der Waals surface area contributed by atoms with Gasteiger partial charge in [0.15, 0.2) is 0 Å². The lowest BCUT2D eigenvalue weighted by molar-refractivity contribution is 0.253. The van der Waals surface area contributed by atoms with Crippen LogP contribution in [0.25, 0.3) is 0 Å². The SMILES string of the molecule is C=C1[CH+]C(O)[CH-]C1=C. The number of aliphatic hydroxyl groups is 1. The van der Waals surface area contributed by atoms with Crippen molar-refractivity contribution in [2.45, 2.75) is 6.10 Å². The molecule has 1 aliphatic rings. The van der Waals surface area contributed by atoms with Gasteiger partial charge in [-0.3, -0.25) is 0 Å². The van der Waals surface area contributed by atoms with Gasteiger partial charge in [-0.2, -0.15) is 0 Å². The Labute approximate surface area is 49.3 Å². The van der Waals surface area contributed by atoms with E-state index >= 15 is 0 Å². The molecule has 0 radical (unpaired) electrons. The fourth-order valence-electron chi connectivity index (χ4n) is 0.674. The van der Waals surface area contributed by atoms with Gasteiger partial charge in [-0.15, -0.1) is 6.58 Å². The molecular weight excluding hydrogens is 100 g/mol. The van der Waals surface area contributed by atoms with Crippen LogP contribution in [0.3, 0.4) is 0 Å². The molecule has 0 saturated heterocycles. The number of rotatable bonds is 0. The van der Waals surface area contributed by atoms with E-state index in [9.17, 15) is 0 Å². The summed E-state index contributed by atoms with van der Waals surface area (Å²) in [6, 6.07) is 0. The zero-order valence-corrected chi connectivity index (χ0v) is 4.59. The molecule has 0 atom stereocenters. The predicted octanol–water partition coefficient (Wildman–Crippen LogP) is 0.882. The first kappa shape index (κ1) is 5.32. The van der Waals surface area contributed by atoms with Crippen molar-refractivity contribution >= 4 is 0 Å². The topological polar surface area (TPSA) is 20.2 Å². The highest BCUT2D eigenvalue weighted by molar-refractivity contribution is 5.47. The van der Waals surface area contributed by atoms with Gasteiger partial charge >= 0.3 is 0 Å². The summed E-state index contributed by atoms with van der Waals surface area (Å²) >= 11 is 0. The van der Waals surface area contributed by atoms with E-state index in [1.807, 2.05) is 0 Å². The highest BCUT2D eigenvalue weighted by atomic mass is 16.3. The number of aliphatic hydroxyl groups excluding tert-OH is 1. The van der Waals surface area contributed by atoms with Gasteiger partial charge in [0, 0.05) is 5.57 Å². The lowest BCUT2D eigenvalue weighted by Gasteiger charge is -1.92. The first-order valence-corrected chi connectivity index (χ1v) is 2.46. The largest absolute Gasteiger partial charge is 0.384 e. The summed E-state index contributed by atoms with van der Waals surface area (Å²) in [7, 11) is 0. The molecule has 0 unspecified atom stereocenters. The molecule has 1 aliphatic carbocycles. The molecule has 0 aromatic carbocycles. The van der Waals surface area contributed by atoms with Crippen LogP contribution in [0.5, 0.6) is 0 Å². The second-order valence-electron chi connectivity index (χ2n) is 1.87. The van der Waals surface area contributed by atoms with Gasteiger partial charge in [0.05, 0.1) is 6.10 Å². The highest BCUT2D eigenvalue weighted by Gasteiger charge is 2.17. The summed E-state index contributed by atoms with van der Waals surface area (Å²) in [5.41, 5.74) is 1.66. The van der Waals surface area contributed by atoms with Gasteiger partial charge in [0.1, 0.15) is 0 Å². The van der Waals surface area contributed by atoms with E-state index in [0.717, 1.165) is 11.1 Å². The lowest BCUT2D eigenvalue weighted by Crippen LogP contribution is -1.97. The highest BCUT2D eigenvalue weighted by Crippen LogP contribution is 2.24. The molecule has 1 saturated carbocycles. The molecule has 1 nitrogen and oxygen atoms in total. The van der Waals surface area contributed by atoms with Crippen LogP contribution in [-0.2, 0) is 0 Å². The number of hydrogen-bond donors (Lipinski definition) is 1. The van der Waals surface area contributed by atoms with Crippen LogP contribution in [0.15, 0.2) is 24.3 Å². The molecule has 0 aliphatic heterocycles. The minimum absolute atomic E-state index is 0.449. The van der Waals surface area contributed by atoms with Crippen molar-refractivity contribution in [3.8, 4) is 0 Å². The van der Waals surface area contributed by atoms with Crippen molar-refractivity contribution in [2.75, 3.05) is 0 Å². The average molecular weight is 108 g/mol. The minimum atomic E-state index is -0.449. The first-order valence-electron chi connectivity index (χ1n) is 2.46. The van der Waals surface area contributed by atoms with Crippen molar-refractivity contribution in [1.29, 1.82) is 0 Å². The molecular formula is C7H8O. The van der Waals surface area contributed by atoms with E-state index in [0.29, 0.717) is 0 Å². The maximum absolute atomic E-state index is 8.84. The Hall–Kier alpha value is -0.820. The van der Waals surface area contributed by atoms with E-state index in [1.54, 1.807) is 12.8 Å². The van der Waals surface area contributed by atoms with Gasteiger partial charge in [-0.25, -0.2) is 0 Å². The molecule has 1 fully saturated rings. The Morgan fingerprint density at radius 2 is 2.25 bits per heavy atom. The van der Waals surface area contributed by atoms with Crippen LogP contribution >= 0.6 is 0 Å². The van der Waals surface area contributed by atoms with Gasteiger partial charge in [0.25, 0.3) is 0 Å². The predicted molar refractivity (Wildman–Crippen MR) is 32.9 cm³/mol. The third-order valence-electron chi connectivity index (χ3n) is 1.16. The monoisotopic (exact) mass is 108 g/mol. The molecule has 0 heterocycles. The molecule has 1 rings (SSSR count). The summed E-state index contributed by atoms with van der Waals surface area (Å²) in [6.45, 7) is 7.28. The Morgan fingerprint density at radius 1 is 1.62 bits per heavy atom. The molecule has 42 valence electrons. The molecule has 8 heavy (non-hydrogen) atoms. The van der Waals surface area contributed by atoms with Crippen LogP contribution < -0.4 is 0 Å².